The highest BCUT2D eigenvalue weighted by molar-refractivity contribution is 7.89. The lowest BCUT2D eigenvalue weighted by atomic mass is 10.2. The van der Waals surface area contributed by atoms with Crippen molar-refractivity contribution in [2.75, 3.05) is 19.8 Å². The van der Waals surface area contributed by atoms with Crippen LogP contribution in [0.25, 0.3) is 0 Å². The Hall–Kier alpha value is -0.600. The first-order valence-corrected chi connectivity index (χ1v) is 6.95. The van der Waals surface area contributed by atoms with Gasteiger partial charge >= 0.3 is 6.18 Å². The first-order chi connectivity index (χ1) is 8.00. The highest BCUT2D eigenvalue weighted by Crippen LogP contribution is 2.22. The van der Waals surface area contributed by atoms with E-state index in [4.69, 9.17) is 0 Å². The molecule has 0 radical (unpaired) electrons. The largest absolute Gasteiger partial charge is 0.404 e. The molecule has 0 aliphatic heterocycles. The van der Waals surface area contributed by atoms with Gasteiger partial charge in [0.15, 0.2) is 0 Å². The summed E-state index contributed by atoms with van der Waals surface area (Å²) in [7, 11) is -1.51. The van der Waals surface area contributed by atoms with Crippen LogP contribution in [0.2, 0.25) is 0 Å². The molecule has 0 heterocycles. The average molecular weight is 288 g/mol. The van der Waals surface area contributed by atoms with Crippen LogP contribution in [0.15, 0.2) is 12.7 Å². The SMILES string of the molecule is C=CCC(C)NC(CS(=O)(=O)N(C)C)C(F)(F)F. The summed E-state index contributed by atoms with van der Waals surface area (Å²) in [6.45, 7) is 4.97. The molecule has 0 aromatic rings. The predicted molar refractivity (Wildman–Crippen MR) is 64.7 cm³/mol. The monoisotopic (exact) mass is 288 g/mol. The minimum atomic E-state index is -4.61. The van der Waals surface area contributed by atoms with Crippen LogP contribution in [0, 0.1) is 0 Å². The van der Waals surface area contributed by atoms with Gasteiger partial charge in [0.05, 0.1) is 5.75 Å². The molecule has 18 heavy (non-hydrogen) atoms. The van der Waals surface area contributed by atoms with Crippen LogP contribution in [0.3, 0.4) is 0 Å². The second-order valence-corrected chi connectivity index (χ2v) is 6.47. The van der Waals surface area contributed by atoms with Gasteiger partial charge in [-0.3, -0.25) is 0 Å². The van der Waals surface area contributed by atoms with Gasteiger partial charge in [0.2, 0.25) is 10.0 Å². The zero-order valence-electron chi connectivity index (χ0n) is 10.7. The number of hydrogen-bond acceptors (Lipinski definition) is 3. The van der Waals surface area contributed by atoms with Gasteiger partial charge in [-0.05, 0) is 13.3 Å². The molecule has 0 fully saturated rings. The van der Waals surface area contributed by atoms with E-state index in [1.807, 2.05) is 0 Å². The van der Waals surface area contributed by atoms with Crippen LogP contribution < -0.4 is 5.32 Å². The third-order valence-electron chi connectivity index (χ3n) is 2.33. The number of nitrogens with one attached hydrogen (secondary N) is 1. The summed E-state index contributed by atoms with van der Waals surface area (Å²) < 4.78 is 62.0. The summed E-state index contributed by atoms with van der Waals surface area (Å²) in [5.74, 6) is -1.01. The van der Waals surface area contributed by atoms with Gasteiger partial charge in [0, 0.05) is 20.1 Å². The molecule has 0 spiro atoms. The number of sulfonamides is 1. The van der Waals surface area contributed by atoms with E-state index in [0.29, 0.717) is 6.42 Å². The molecule has 2 unspecified atom stereocenters. The van der Waals surface area contributed by atoms with Crippen molar-refractivity contribution >= 4 is 10.0 Å². The van der Waals surface area contributed by atoms with Crippen molar-refractivity contribution in [1.29, 1.82) is 0 Å². The highest BCUT2D eigenvalue weighted by Gasteiger charge is 2.43. The lowest BCUT2D eigenvalue weighted by Gasteiger charge is -2.26. The molecule has 0 saturated carbocycles. The van der Waals surface area contributed by atoms with Crippen LogP contribution in [-0.2, 0) is 10.0 Å². The first kappa shape index (κ1) is 17.4. The molecule has 0 bridgehead atoms. The van der Waals surface area contributed by atoms with Crippen LogP contribution >= 0.6 is 0 Å². The van der Waals surface area contributed by atoms with E-state index in [1.54, 1.807) is 6.92 Å². The molecule has 8 heteroatoms. The lowest BCUT2D eigenvalue weighted by molar-refractivity contribution is -0.152. The van der Waals surface area contributed by atoms with Crippen molar-refractivity contribution in [2.45, 2.75) is 31.6 Å². The zero-order valence-corrected chi connectivity index (χ0v) is 11.5. The van der Waals surface area contributed by atoms with E-state index in [0.717, 1.165) is 4.31 Å². The molecule has 108 valence electrons. The van der Waals surface area contributed by atoms with Gasteiger partial charge in [-0.15, -0.1) is 6.58 Å². The van der Waals surface area contributed by atoms with Gasteiger partial charge in [-0.25, -0.2) is 12.7 Å². The van der Waals surface area contributed by atoms with E-state index in [-0.39, 0.29) is 0 Å². The summed E-state index contributed by atoms with van der Waals surface area (Å²) >= 11 is 0. The lowest BCUT2D eigenvalue weighted by Crippen LogP contribution is -2.51. The summed E-state index contributed by atoms with van der Waals surface area (Å²) in [5, 5.41) is 2.27. The Morgan fingerprint density at radius 1 is 1.39 bits per heavy atom. The highest BCUT2D eigenvalue weighted by atomic mass is 32.2. The van der Waals surface area contributed by atoms with Crippen molar-refractivity contribution in [2.24, 2.45) is 0 Å². The normalized spacial score (nSPS) is 16.6. The van der Waals surface area contributed by atoms with Gasteiger partial charge in [0.25, 0.3) is 0 Å². The maximum absolute atomic E-state index is 12.7. The van der Waals surface area contributed by atoms with Crippen LogP contribution in [-0.4, -0.2) is 50.8 Å². The Balaban J connectivity index is 4.88. The minimum Gasteiger partial charge on any atom is -0.302 e. The molecule has 0 aliphatic rings. The molecular weight excluding hydrogens is 269 g/mol. The van der Waals surface area contributed by atoms with Crippen molar-refractivity contribution < 1.29 is 21.6 Å². The Bertz CT molecular complexity index is 366. The molecular formula is C10H19F3N2O2S. The third-order valence-corrected chi connectivity index (χ3v) is 4.20. The Kier molecular flexibility index (Phi) is 6.32. The van der Waals surface area contributed by atoms with Gasteiger partial charge in [0.1, 0.15) is 6.04 Å². The van der Waals surface area contributed by atoms with E-state index in [1.165, 1.54) is 20.2 Å². The van der Waals surface area contributed by atoms with E-state index < -0.39 is 34.0 Å². The van der Waals surface area contributed by atoms with Gasteiger partial charge in [-0.1, -0.05) is 6.08 Å². The van der Waals surface area contributed by atoms with Crippen molar-refractivity contribution in [3.8, 4) is 0 Å². The van der Waals surface area contributed by atoms with Crippen LogP contribution in [0.1, 0.15) is 13.3 Å². The fourth-order valence-corrected chi connectivity index (χ4v) is 2.26. The topological polar surface area (TPSA) is 49.4 Å². The number of halogens is 3. The van der Waals surface area contributed by atoms with Gasteiger partial charge < -0.3 is 5.32 Å². The quantitative estimate of drug-likeness (QED) is 0.720. The van der Waals surface area contributed by atoms with Gasteiger partial charge in [-0.2, -0.15) is 13.2 Å². The molecule has 0 aliphatic carbocycles. The molecule has 4 nitrogen and oxygen atoms in total. The molecule has 0 aromatic heterocycles. The van der Waals surface area contributed by atoms with E-state index >= 15 is 0 Å². The summed E-state index contributed by atoms with van der Waals surface area (Å²) in [6, 6.07) is -2.58. The smallest absolute Gasteiger partial charge is 0.302 e. The molecule has 0 rings (SSSR count). The molecule has 1 N–H and O–H groups in total. The Morgan fingerprint density at radius 2 is 1.89 bits per heavy atom. The third kappa shape index (κ3) is 5.83. The van der Waals surface area contributed by atoms with Crippen molar-refractivity contribution in [3.05, 3.63) is 12.7 Å². The molecule has 0 aromatic carbocycles. The first-order valence-electron chi connectivity index (χ1n) is 5.34. The Labute approximate surface area is 106 Å². The summed E-state index contributed by atoms with van der Waals surface area (Å²) in [6.07, 6.45) is -2.81. The van der Waals surface area contributed by atoms with E-state index in [9.17, 15) is 21.6 Å². The Morgan fingerprint density at radius 3 is 2.22 bits per heavy atom. The van der Waals surface area contributed by atoms with Crippen molar-refractivity contribution in [1.82, 2.24) is 9.62 Å². The molecule has 2 atom stereocenters. The maximum Gasteiger partial charge on any atom is 0.404 e. The number of hydrogen-bond donors (Lipinski definition) is 1. The maximum atomic E-state index is 12.7. The average Bonchev–Trinajstić information content (AvgIpc) is 2.14. The number of rotatable bonds is 7. The zero-order chi connectivity index (χ0) is 14.6. The second-order valence-electron chi connectivity index (χ2n) is 4.25. The fourth-order valence-electron chi connectivity index (χ4n) is 1.26. The standard InChI is InChI=1S/C10H19F3N2O2S/c1-5-6-8(2)14-9(10(11,12)13)7-18(16,17)15(3)4/h5,8-9,14H,1,6-7H2,2-4H3. The predicted octanol–water partition coefficient (Wildman–Crippen LogP) is 1.36. The second kappa shape index (κ2) is 6.53. The number of alkyl halides is 3. The van der Waals surface area contributed by atoms with Crippen LogP contribution in [0.4, 0.5) is 13.2 Å². The molecule has 0 saturated heterocycles. The number of nitrogens with zero attached hydrogens (tertiary/aromatic N) is 1. The fraction of sp³-hybridized carbons (Fsp3) is 0.800. The van der Waals surface area contributed by atoms with Crippen molar-refractivity contribution in [3.63, 3.8) is 0 Å². The van der Waals surface area contributed by atoms with Crippen LogP contribution in [0.5, 0.6) is 0 Å². The van der Waals surface area contributed by atoms with E-state index in [2.05, 4.69) is 11.9 Å². The minimum absolute atomic E-state index is 0.328. The summed E-state index contributed by atoms with van der Waals surface area (Å²) in [4.78, 5) is 0. The summed E-state index contributed by atoms with van der Waals surface area (Å²) in [5.41, 5.74) is 0. The molecule has 0 amide bonds.